The summed E-state index contributed by atoms with van der Waals surface area (Å²) in [6, 6.07) is 7.29. The number of hydrogen-bond acceptors (Lipinski definition) is 3. The average molecular weight is 231 g/mol. The first-order chi connectivity index (χ1) is 8.24. The summed E-state index contributed by atoms with van der Waals surface area (Å²) < 4.78 is 6.67. The Labute approximate surface area is 98.8 Å². The minimum Gasteiger partial charge on any atom is -0.465 e. The SMILES string of the molecule is CCOC(=O)Cn1ccc2ccc(C=O)cc21. The molecule has 0 radical (unpaired) electrons. The van der Waals surface area contributed by atoms with E-state index in [9.17, 15) is 9.59 Å². The molecule has 0 saturated heterocycles. The molecule has 0 aliphatic rings. The molecule has 1 heterocycles. The summed E-state index contributed by atoms with van der Waals surface area (Å²) in [6.07, 6.45) is 2.61. The number of hydrogen-bond donors (Lipinski definition) is 0. The van der Waals surface area contributed by atoms with Gasteiger partial charge in [0.1, 0.15) is 12.8 Å². The fourth-order valence-electron chi connectivity index (χ4n) is 1.76. The van der Waals surface area contributed by atoms with E-state index in [0.29, 0.717) is 12.2 Å². The lowest BCUT2D eigenvalue weighted by Crippen LogP contribution is -2.12. The van der Waals surface area contributed by atoms with Crippen LogP contribution < -0.4 is 0 Å². The van der Waals surface area contributed by atoms with Crippen molar-refractivity contribution in [2.45, 2.75) is 13.5 Å². The molecule has 1 aromatic heterocycles. The third-order valence-corrected chi connectivity index (χ3v) is 2.54. The quantitative estimate of drug-likeness (QED) is 0.597. The van der Waals surface area contributed by atoms with Crippen molar-refractivity contribution >= 4 is 23.2 Å². The first-order valence-corrected chi connectivity index (χ1v) is 5.44. The molecule has 0 bridgehead atoms. The molecule has 0 spiro atoms. The van der Waals surface area contributed by atoms with Crippen molar-refractivity contribution < 1.29 is 14.3 Å². The summed E-state index contributed by atoms with van der Waals surface area (Å²) in [7, 11) is 0. The van der Waals surface area contributed by atoms with E-state index in [1.807, 2.05) is 18.3 Å². The third-order valence-electron chi connectivity index (χ3n) is 2.54. The van der Waals surface area contributed by atoms with E-state index in [4.69, 9.17) is 4.74 Å². The molecule has 0 unspecified atom stereocenters. The topological polar surface area (TPSA) is 48.3 Å². The lowest BCUT2D eigenvalue weighted by molar-refractivity contribution is -0.143. The maximum absolute atomic E-state index is 11.4. The summed E-state index contributed by atoms with van der Waals surface area (Å²) in [6.45, 7) is 2.31. The Morgan fingerprint density at radius 1 is 1.41 bits per heavy atom. The zero-order valence-corrected chi connectivity index (χ0v) is 9.55. The van der Waals surface area contributed by atoms with Gasteiger partial charge in [-0.3, -0.25) is 9.59 Å². The largest absolute Gasteiger partial charge is 0.465 e. The van der Waals surface area contributed by atoms with Crippen molar-refractivity contribution in [3.8, 4) is 0 Å². The molecule has 0 amide bonds. The van der Waals surface area contributed by atoms with E-state index in [1.54, 1.807) is 23.6 Å². The van der Waals surface area contributed by atoms with Crippen LogP contribution in [0.4, 0.5) is 0 Å². The summed E-state index contributed by atoms with van der Waals surface area (Å²) in [5.74, 6) is -0.276. The number of carbonyl (C=O) groups is 2. The van der Waals surface area contributed by atoms with Gasteiger partial charge in [-0.15, -0.1) is 0 Å². The van der Waals surface area contributed by atoms with Gasteiger partial charge in [-0.2, -0.15) is 0 Å². The molecule has 1 aromatic carbocycles. The smallest absolute Gasteiger partial charge is 0.325 e. The molecule has 0 N–H and O–H groups in total. The second-order valence-corrected chi connectivity index (χ2v) is 3.68. The first kappa shape index (κ1) is 11.4. The van der Waals surface area contributed by atoms with E-state index in [0.717, 1.165) is 17.2 Å². The van der Waals surface area contributed by atoms with Gasteiger partial charge in [0.15, 0.2) is 0 Å². The highest BCUT2D eigenvalue weighted by atomic mass is 16.5. The molecule has 2 aromatic rings. The summed E-state index contributed by atoms with van der Waals surface area (Å²) in [5, 5.41) is 1.000. The Morgan fingerprint density at radius 2 is 2.24 bits per heavy atom. The van der Waals surface area contributed by atoms with Crippen LogP contribution in [0.2, 0.25) is 0 Å². The molecule has 0 saturated carbocycles. The number of aromatic nitrogens is 1. The third kappa shape index (κ3) is 2.36. The maximum atomic E-state index is 11.4. The number of aldehydes is 1. The van der Waals surface area contributed by atoms with Crippen molar-refractivity contribution in [3.05, 3.63) is 36.0 Å². The number of rotatable bonds is 4. The highest BCUT2D eigenvalue weighted by Crippen LogP contribution is 2.17. The lowest BCUT2D eigenvalue weighted by atomic mass is 10.2. The maximum Gasteiger partial charge on any atom is 0.325 e. The lowest BCUT2D eigenvalue weighted by Gasteiger charge is -2.05. The monoisotopic (exact) mass is 231 g/mol. The van der Waals surface area contributed by atoms with Crippen LogP contribution in [0.25, 0.3) is 10.9 Å². The zero-order valence-electron chi connectivity index (χ0n) is 9.55. The molecule has 0 atom stereocenters. The first-order valence-electron chi connectivity index (χ1n) is 5.44. The fourth-order valence-corrected chi connectivity index (χ4v) is 1.76. The van der Waals surface area contributed by atoms with E-state index in [1.165, 1.54) is 0 Å². The van der Waals surface area contributed by atoms with Gasteiger partial charge in [0, 0.05) is 17.3 Å². The van der Waals surface area contributed by atoms with Crippen molar-refractivity contribution in [1.29, 1.82) is 0 Å². The molecule has 4 heteroatoms. The predicted molar refractivity (Wildman–Crippen MR) is 64.0 cm³/mol. The average Bonchev–Trinajstić information content (AvgIpc) is 2.72. The molecule has 17 heavy (non-hydrogen) atoms. The molecule has 88 valence electrons. The number of esters is 1. The highest BCUT2D eigenvalue weighted by molar-refractivity contribution is 5.88. The molecular formula is C13H13NO3. The molecule has 0 fully saturated rings. The van der Waals surface area contributed by atoms with E-state index in [2.05, 4.69) is 0 Å². The van der Waals surface area contributed by atoms with Crippen LogP contribution in [-0.2, 0) is 16.1 Å². The van der Waals surface area contributed by atoms with Crippen LogP contribution in [0, 0.1) is 0 Å². The van der Waals surface area contributed by atoms with E-state index < -0.39 is 0 Å². The van der Waals surface area contributed by atoms with Gasteiger partial charge in [0.05, 0.1) is 6.61 Å². The Morgan fingerprint density at radius 3 is 2.94 bits per heavy atom. The Hall–Kier alpha value is -2.10. The normalized spacial score (nSPS) is 10.4. The van der Waals surface area contributed by atoms with Gasteiger partial charge >= 0.3 is 5.97 Å². The van der Waals surface area contributed by atoms with Gasteiger partial charge in [0.25, 0.3) is 0 Å². The van der Waals surface area contributed by atoms with Gasteiger partial charge in [-0.05, 0) is 24.4 Å². The summed E-state index contributed by atoms with van der Waals surface area (Å²) in [5.41, 5.74) is 1.46. The molecular weight excluding hydrogens is 218 g/mol. The number of ether oxygens (including phenoxy) is 1. The molecule has 2 rings (SSSR count). The van der Waals surface area contributed by atoms with Crippen LogP contribution in [0.15, 0.2) is 30.5 Å². The van der Waals surface area contributed by atoms with Crippen LogP contribution in [0.1, 0.15) is 17.3 Å². The van der Waals surface area contributed by atoms with Gasteiger partial charge in [-0.25, -0.2) is 0 Å². The zero-order chi connectivity index (χ0) is 12.3. The minimum atomic E-state index is -0.276. The summed E-state index contributed by atoms with van der Waals surface area (Å²) in [4.78, 5) is 22.1. The standard InChI is InChI=1S/C13H13NO3/c1-2-17-13(16)8-14-6-5-11-4-3-10(9-15)7-12(11)14/h3-7,9H,2,8H2,1H3. The predicted octanol–water partition coefficient (Wildman–Crippen LogP) is 2.02. The Kier molecular flexibility index (Phi) is 3.23. The van der Waals surface area contributed by atoms with E-state index in [-0.39, 0.29) is 12.5 Å². The minimum absolute atomic E-state index is 0.166. The molecule has 0 aliphatic carbocycles. The second kappa shape index (κ2) is 4.82. The number of fused-ring (bicyclic) bond motifs is 1. The second-order valence-electron chi connectivity index (χ2n) is 3.68. The van der Waals surface area contributed by atoms with Crippen LogP contribution in [0.5, 0.6) is 0 Å². The van der Waals surface area contributed by atoms with Crippen molar-refractivity contribution in [1.82, 2.24) is 4.57 Å². The van der Waals surface area contributed by atoms with Crippen LogP contribution >= 0.6 is 0 Å². The fraction of sp³-hybridized carbons (Fsp3) is 0.231. The van der Waals surface area contributed by atoms with E-state index >= 15 is 0 Å². The van der Waals surface area contributed by atoms with Gasteiger partial charge in [0.2, 0.25) is 0 Å². The van der Waals surface area contributed by atoms with Crippen LogP contribution in [-0.4, -0.2) is 23.4 Å². The van der Waals surface area contributed by atoms with Crippen molar-refractivity contribution in [2.24, 2.45) is 0 Å². The molecule has 0 aliphatic heterocycles. The van der Waals surface area contributed by atoms with Crippen molar-refractivity contribution in [3.63, 3.8) is 0 Å². The van der Waals surface area contributed by atoms with Gasteiger partial charge < -0.3 is 9.30 Å². The van der Waals surface area contributed by atoms with Gasteiger partial charge in [-0.1, -0.05) is 12.1 Å². The Balaban J connectivity index is 2.34. The molecule has 4 nitrogen and oxygen atoms in total. The number of nitrogens with zero attached hydrogens (tertiary/aromatic N) is 1. The number of carbonyl (C=O) groups excluding carboxylic acids is 2. The highest BCUT2D eigenvalue weighted by Gasteiger charge is 2.07. The van der Waals surface area contributed by atoms with Crippen molar-refractivity contribution in [2.75, 3.05) is 6.61 Å². The number of benzene rings is 1. The van der Waals surface area contributed by atoms with Crippen LogP contribution in [0.3, 0.4) is 0 Å². The Bertz CT molecular complexity index is 557. The summed E-state index contributed by atoms with van der Waals surface area (Å²) >= 11 is 0.